The molecule has 0 amide bonds. The van der Waals surface area contributed by atoms with Crippen LogP contribution in [0.3, 0.4) is 0 Å². The van der Waals surface area contributed by atoms with Gasteiger partial charge in [0.05, 0.1) is 5.69 Å². The SMILES string of the molecule is Cc1cccc(-c2nc(CSc3nc4c(oc5ccccc54)c(=O)n3CCC(C)C)c(C)o2)c1. The Labute approximate surface area is 202 Å². The Morgan fingerprint density at radius 1 is 1.03 bits per heavy atom. The summed E-state index contributed by atoms with van der Waals surface area (Å²) in [6, 6.07) is 15.8. The van der Waals surface area contributed by atoms with Crippen molar-refractivity contribution in [2.75, 3.05) is 0 Å². The quantitative estimate of drug-likeness (QED) is 0.192. The van der Waals surface area contributed by atoms with Crippen LogP contribution >= 0.6 is 11.8 Å². The van der Waals surface area contributed by atoms with Gasteiger partial charge in [0.1, 0.15) is 16.9 Å². The summed E-state index contributed by atoms with van der Waals surface area (Å²) >= 11 is 1.51. The van der Waals surface area contributed by atoms with E-state index in [4.69, 9.17) is 18.8 Å². The lowest BCUT2D eigenvalue weighted by atomic mass is 10.1. The highest BCUT2D eigenvalue weighted by Gasteiger charge is 2.19. The smallest absolute Gasteiger partial charge is 0.297 e. The molecular formula is C27H27N3O3S. The number of nitrogens with zero attached hydrogens (tertiary/aromatic N) is 3. The van der Waals surface area contributed by atoms with E-state index in [1.54, 1.807) is 4.57 Å². The molecule has 0 fully saturated rings. The van der Waals surface area contributed by atoms with Crippen molar-refractivity contribution in [3.8, 4) is 11.5 Å². The first-order chi connectivity index (χ1) is 16.4. The molecule has 174 valence electrons. The van der Waals surface area contributed by atoms with Crippen molar-refractivity contribution in [3.05, 3.63) is 75.9 Å². The summed E-state index contributed by atoms with van der Waals surface area (Å²) in [6.45, 7) is 8.86. The molecule has 0 spiro atoms. The Morgan fingerprint density at radius 2 is 1.85 bits per heavy atom. The van der Waals surface area contributed by atoms with Crippen LogP contribution in [0.25, 0.3) is 33.5 Å². The van der Waals surface area contributed by atoms with Crippen LogP contribution in [0, 0.1) is 19.8 Å². The molecule has 0 aliphatic rings. The lowest BCUT2D eigenvalue weighted by Crippen LogP contribution is -2.23. The standard InChI is InChI=1S/C27H27N3O3S/c1-16(2)12-13-30-26(31)24-23(20-10-5-6-11-22(20)33-24)29-27(30)34-15-21-18(4)32-25(28-21)19-9-7-8-17(3)14-19/h5-11,14,16H,12-13,15H2,1-4H3. The van der Waals surface area contributed by atoms with Crippen LogP contribution in [0.15, 0.2) is 67.3 Å². The fourth-order valence-electron chi connectivity index (χ4n) is 3.94. The molecule has 0 radical (unpaired) electrons. The average molecular weight is 474 g/mol. The molecule has 0 bridgehead atoms. The largest absolute Gasteiger partial charge is 0.448 e. The van der Waals surface area contributed by atoms with Crippen LogP contribution in [-0.2, 0) is 12.3 Å². The van der Waals surface area contributed by atoms with Gasteiger partial charge in [-0.1, -0.05) is 55.4 Å². The lowest BCUT2D eigenvalue weighted by Gasteiger charge is -2.12. The van der Waals surface area contributed by atoms with Crippen LogP contribution in [0.1, 0.15) is 37.3 Å². The maximum atomic E-state index is 13.4. The number of aryl methyl sites for hydroxylation is 2. The summed E-state index contributed by atoms with van der Waals surface area (Å²) in [7, 11) is 0. The van der Waals surface area contributed by atoms with Gasteiger partial charge in [-0.2, -0.15) is 0 Å². The number of oxazole rings is 1. The van der Waals surface area contributed by atoms with Crippen LogP contribution in [0.5, 0.6) is 0 Å². The van der Waals surface area contributed by atoms with Crippen molar-refractivity contribution in [2.45, 2.75) is 51.6 Å². The Hall–Kier alpha value is -3.32. The molecule has 7 heteroatoms. The monoisotopic (exact) mass is 473 g/mol. The van der Waals surface area contributed by atoms with Gasteiger partial charge in [0.2, 0.25) is 11.5 Å². The van der Waals surface area contributed by atoms with Crippen molar-refractivity contribution in [2.24, 2.45) is 5.92 Å². The van der Waals surface area contributed by atoms with E-state index in [1.165, 1.54) is 11.8 Å². The average Bonchev–Trinajstić information content (AvgIpc) is 3.37. The second-order valence-corrected chi connectivity index (χ2v) is 9.93. The molecule has 0 saturated carbocycles. The van der Waals surface area contributed by atoms with Gasteiger partial charge in [-0.05, 0) is 50.5 Å². The van der Waals surface area contributed by atoms with E-state index in [0.29, 0.717) is 45.9 Å². The van der Waals surface area contributed by atoms with E-state index in [-0.39, 0.29) is 5.56 Å². The van der Waals surface area contributed by atoms with Crippen molar-refractivity contribution in [1.82, 2.24) is 14.5 Å². The molecule has 2 aromatic carbocycles. The molecule has 0 aliphatic heterocycles. The van der Waals surface area contributed by atoms with E-state index in [1.807, 2.05) is 56.3 Å². The fraction of sp³-hybridized carbons (Fsp3) is 0.296. The first-order valence-corrected chi connectivity index (χ1v) is 12.5. The third-order valence-electron chi connectivity index (χ3n) is 5.87. The summed E-state index contributed by atoms with van der Waals surface area (Å²) in [4.78, 5) is 23.1. The highest BCUT2D eigenvalue weighted by atomic mass is 32.2. The first kappa shape index (κ1) is 22.5. The highest BCUT2D eigenvalue weighted by molar-refractivity contribution is 7.98. The third kappa shape index (κ3) is 4.28. The predicted molar refractivity (Wildman–Crippen MR) is 136 cm³/mol. The zero-order valence-corrected chi connectivity index (χ0v) is 20.6. The maximum Gasteiger partial charge on any atom is 0.297 e. The topological polar surface area (TPSA) is 74.1 Å². The Morgan fingerprint density at radius 3 is 2.65 bits per heavy atom. The van der Waals surface area contributed by atoms with Gasteiger partial charge in [0.15, 0.2) is 5.16 Å². The zero-order valence-electron chi connectivity index (χ0n) is 19.8. The Kier molecular flexibility index (Phi) is 6.04. The number of rotatable bonds is 7. The number of para-hydroxylation sites is 1. The number of hydrogen-bond acceptors (Lipinski definition) is 6. The van der Waals surface area contributed by atoms with Crippen molar-refractivity contribution in [3.63, 3.8) is 0 Å². The van der Waals surface area contributed by atoms with Gasteiger partial charge in [-0.15, -0.1) is 0 Å². The fourth-order valence-corrected chi connectivity index (χ4v) is 4.96. The molecule has 3 heterocycles. The Bertz CT molecular complexity index is 1540. The molecule has 5 aromatic rings. The second kappa shape index (κ2) is 9.14. The Balaban J connectivity index is 1.52. The molecule has 6 nitrogen and oxygen atoms in total. The van der Waals surface area contributed by atoms with Gasteiger partial charge < -0.3 is 8.83 Å². The number of fused-ring (bicyclic) bond motifs is 3. The number of thioether (sulfide) groups is 1. The minimum absolute atomic E-state index is 0.137. The van der Waals surface area contributed by atoms with Crippen LogP contribution in [-0.4, -0.2) is 14.5 Å². The molecule has 5 rings (SSSR count). The minimum Gasteiger partial charge on any atom is -0.448 e. The van der Waals surface area contributed by atoms with Crippen molar-refractivity contribution >= 4 is 33.8 Å². The van der Waals surface area contributed by atoms with Gasteiger partial charge in [-0.25, -0.2) is 9.97 Å². The molecule has 34 heavy (non-hydrogen) atoms. The van der Waals surface area contributed by atoms with E-state index in [2.05, 4.69) is 19.9 Å². The number of benzene rings is 2. The van der Waals surface area contributed by atoms with E-state index in [0.717, 1.165) is 34.4 Å². The van der Waals surface area contributed by atoms with Crippen LogP contribution in [0.2, 0.25) is 0 Å². The third-order valence-corrected chi connectivity index (χ3v) is 6.86. The van der Waals surface area contributed by atoms with Crippen molar-refractivity contribution in [1.29, 1.82) is 0 Å². The second-order valence-electron chi connectivity index (χ2n) is 8.99. The molecule has 0 saturated heterocycles. The molecule has 3 aromatic heterocycles. The molecule has 0 unspecified atom stereocenters. The van der Waals surface area contributed by atoms with Gasteiger partial charge in [0, 0.05) is 23.2 Å². The van der Waals surface area contributed by atoms with E-state index >= 15 is 0 Å². The van der Waals surface area contributed by atoms with E-state index in [9.17, 15) is 4.79 Å². The zero-order chi connectivity index (χ0) is 23.8. The number of hydrogen-bond donors (Lipinski definition) is 0. The molecular weight excluding hydrogens is 446 g/mol. The number of aromatic nitrogens is 3. The predicted octanol–water partition coefficient (Wildman–Crippen LogP) is 6.75. The highest BCUT2D eigenvalue weighted by Crippen LogP contribution is 2.30. The molecule has 0 N–H and O–H groups in total. The van der Waals surface area contributed by atoms with Crippen LogP contribution in [0.4, 0.5) is 0 Å². The minimum atomic E-state index is -0.137. The van der Waals surface area contributed by atoms with Gasteiger partial charge >= 0.3 is 0 Å². The summed E-state index contributed by atoms with van der Waals surface area (Å²) in [5.74, 6) is 2.40. The van der Waals surface area contributed by atoms with E-state index < -0.39 is 0 Å². The molecule has 0 aliphatic carbocycles. The van der Waals surface area contributed by atoms with Gasteiger partial charge in [0.25, 0.3) is 5.56 Å². The maximum absolute atomic E-state index is 13.4. The summed E-state index contributed by atoms with van der Waals surface area (Å²) < 4.78 is 13.6. The molecule has 0 atom stereocenters. The van der Waals surface area contributed by atoms with Crippen molar-refractivity contribution < 1.29 is 8.83 Å². The van der Waals surface area contributed by atoms with Gasteiger partial charge in [-0.3, -0.25) is 9.36 Å². The summed E-state index contributed by atoms with van der Waals surface area (Å²) in [6.07, 6.45) is 0.876. The summed E-state index contributed by atoms with van der Waals surface area (Å²) in [5, 5.41) is 1.52. The van der Waals surface area contributed by atoms with Crippen LogP contribution < -0.4 is 5.56 Å². The normalized spacial score (nSPS) is 11.8. The lowest BCUT2D eigenvalue weighted by molar-refractivity contribution is 0.476. The summed E-state index contributed by atoms with van der Waals surface area (Å²) in [5.41, 5.74) is 4.43. The number of furan rings is 1. The first-order valence-electron chi connectivity index (χ1n) is 11.5.